The van der Waals surface area contributed by atoms with Crippen LogP contribution in [0.4, 0.5) is 5.69 Å². The van der Waals surface area contributed by atoms with Crippen LogP contribution >= 0.6 is 0 Å². The van der Waals surface area contributed by atoms with E-state index in [1.807, 2.05) is 0 Å². The maximum atomic E-state index is 12.7. The van der Waals surface area contributed by atoms with Gasteiger partial charge in [0.1, 0.15) is 11.8 Å². The maximum absolute atomic E-state index is 12.7. The largest absolute Gasteiger partial charge is 0.493 e. The molecule has 2 amide bonds. The smallest absolute Gasteiger partial charge is 0.282 e. The molecule has 7 heteroatoms. The number of ether oxygens (including phenoxy) is 1. The van der Waals surface area contributed by atoms with Gasteiger partial charge in [-0.1, -0.05) is 24.3 Å². The zero-order chi connectivity index (χ0) is 19.0. The highest BCUT2D eigenvalue weighted by Crippen LogP contribution is 2.25. The van der Waals surface area contributed by atoms with Crippen LogP contribution < -0.4 is 20.6 Å². The van der Waals surface area contributed by atoms with E-state index in [-0.39, 0.29) is 16.6 Å². The summed E-state index contributed by atoms with van der Waals surface area (Å²) in [7, 11) is 1.48. The van der Waals surface area contributed by atoms with Gasteiger partial charge in [-0.15, -0.1) is 0 Å². The third-order valence-corrected chi connectivity index (χ3v) is 4.22. The second-order valence-corrected chi connectivity index (χ2v) is 5.83. The van der Waals surface area contributed by atoms with Crippen molar-refractivity contribution in [3.8, 4) is 5.75 Å². The topological polar surface area (TPSA) is 88.9 Å². The van der Waals surface area contributed by atoms with Crippen molar-refractivity contribution in [3.05, 3.63) is 76.2 Å². The lowest BCUT2D eigenvalue weighted by Crippen LogP contribution is -2.35. The number of benzene rings is 2. The van der Waals surface area contributed by atoms with Crippen LogP contribution in [0.1, 0.15) is 5.56 Å². The van der Waals surface area contributed by atoms with Crippen LogP contribution in [0.15, 0.2) is 69.6 Å². The Morgan fingerprint density at radius 2 is 1.81 bits per heavy atom. The molecule has 0 unspecified atom stereocenters. The standard InChI is InChI=1S/C20H14N2O5/c1-26-16-9-5-8-14-17(23)12(11-27-18(14)16)10-15-19(24)21-22(20(15)25)13-6-3-2-4-7-13/h2-11H,1H3,(H,21,24)/b15-10+. The minimum atomic E-state index is -0.589. The first-order valence-corrected chi connectivity index (χ1v) is 8.11. The molecule has 0 spiro atoms. The van der Waals surface area contributed by atoms with Crippen molar-refractivity contribution in [1.82, 2.24) is 5.43 Å². The van der Waals surface area contributed by atoms with Crippen LogP contribution in [0, 0.1) is 0 Å². The predicted octanol–water partition coefficient (Wildman–Crippen LogP) is 2.26. The average Bonchev–Trinajstić information content (AvgIpc) is 2.98. The van der Waals surface area contributed by atoms with Crippen molar-refractivity contribution in [2.24, 2.45) is 0 Å². The van der Waals surface area contributed by atoms with E-state index in [1.165, 1.54) is 19.4 Å². The molecule has 0 atom stereocenters. The Labute approximate surface area is 153 Å². The van der Waals surface area contributed by atoms with Gasteiger partial charge in [0.05, 0.1) is 23.7 Å². The highest BCUT2D eigenvalue weighted by Gasteiger charge is 2.34. The van der Waals surface area contributed by atoms with Crippen molar-refractivity contribution in [2.45, 2.75) is 0 Å². The summed E-state index contributed by atoms with van der Waals surface area (Å²) in [6, 6.07) is 13.6. The minimum Gasteiger partial charge on any atom is -0.493 e. The highest BCUT2D eigenvalue weighted by atomic mass is 16.5. The summed E-state index contributed by atoms with van der Waals surface area (Å²) in [5, 5.41) is 1.44. The van der Waals surface area contributed by atoms with Gasteiger partial charge >= 0.3 is 0 Å². The van der Waals surface area contributed by atoms with Gasteiger partial charge in [0.25, 0.3) is 11.8 Å². The molecule has 4 rings (SSSR count). The summed E-state index contributed by atoms with van der Waals surface area (Å²) >= 11 is 0. The molecule has 2 aromatic carbocycles. The summed E-state index contributed by atoms with van der Waals surface area (Å²) in [4.78, 5) is 37.6. The number of hydrogen-bond acceptors (Lipinski definition) is 5. The number of hydrogen-bond donors (Lipinski definition) is 1. The van der Waals surface area contributed by atoms with Gasteiger partial charge in [0.15, 0.2) is 16.8 Å². The number of anilines is 1. The van der Waals surface area contributed by atoms with Gasteiger partial charge in [-0.25, -0.2) is 5.01 Å². The number of carbonyl (C=O) groups is 2. The van der Waals surface area contributed by atoms with E-state index in [1.54, 1.807) is 48.5 Å². The van der Waals surface area contributed by atoms with Crippen molar-refractivity contribution < 1.29 is 18.7 Å². The van der Waals surface area contributed by atoms with Crippen LogP contribution in [-0.4, -0.2) is 18.9 Å². The molecule has 27 heavy (non-hydrogen) atoms. The SMILES string of the molecule is COc1cccc2c(=O)c(/C=C3\C(=O)NN(c4ccccc4)C3=O)coc12. The first kappa shape index (κ1) is 16.6. The fraction of sp³-hybridized carbons (Fsp3) is 0.0500. The quantitative estimate of drug-likeness (QED) is 0.570. The summed E-state index contributed by atoms with van der Waals surface area (Å²) < 4.78 is 10.7. The van der Waals surface area contributed by atoms with E-state index in [0.717, 1.165) is 5.01 Å². The number of nitrogens with zero attached hydrogens (tertiary/aromatic N) is 1. The predicted molar refractivity (Wildman–Crippen MR) is 99.1 cm³/mol. The zero-order valence-corrected chi connectivity index (χ0v) is 14.3. The van der Waals surface area contributed by atoms with E-state index in [2.05, 4.69) is 5.43 Å². The summed E-state index contributed by atoms with van der Waals surface area (Å²) in [6.07, 6.45) is 2.46. The van der Waals surface area contributed by atoms with Crippen molar-refractivity contribution in [2.75, 3.05) is 12.1 Å². The fourth-order valence-electron chi connectivity index (χ4n) is 2.88. The van der Waals surface area contributed by atoms with E-state index < -0.39 is 11.8 Å². The monoisotopic (exact) mass is 362 g/mol. The van der Waals surface area contributed by atoms with Crippen LogP contribution in [0.3, 0.4) is 0 Å². The van der Waals surface area contributed by atoms with E-state index in [0.29, 0.717) is 22.4 Å². The van der Waals surface area contributed by atoms with Crippen LogP contribution in [0.2, 0.25) is 0 Å². The molecule has 2 heterocycles. The fourth-order valence-corrected chi connectivity index (χ4v) is 2.88. The van der Waals surface area contributed by atoms with Gasteiger partial charge < -0.3 is 9.15 Å². The van der Waals surface area contributed by atoms with Crippen LogP contribution in [0.5, 0.6) is 5.75 Å². The molecule has 134 valence electrons. The zero-order valence-electron chi connectivity index (χ0n) is 14.3. The van der Waals surface area contributed by atoms with Crippen molar-refractivity contribution in [1.29, 1.82) is 0 Å². The molecule has 0 bridgehead atoms. The van der Waals surface area contributed by atoms with Crippen molar-refractivity contribution in [3.63, 3.8) is 0 Å². The number of carbonyl (C=O) groups excluding carboxylic acids is 2. The third kappa shape index (κ3) is 2.75. The Hall–Kier alpha value is -3.87. The number of nitrogens with one attached hydrogen (secondary N) is 1. The number of methoxy groups -OCH3 is 1. The molecule has 1 aromatic heterocycles. The lowest BCUT2D eigenvalue weighted by atomic mass is 10.1. The molecule has 0 aliphatic carbocycles. The Balaban J connectivity index is 1.78. The van der Waals surface area contributed by atoms with E-state index >= 15 is 0 Å². The Kier molecular flexibility index (Phi) is 3.97. The normalized spacial score (nSPS) is 15.4. The van der Waals surface area contributed by atoms with Gasteiger partial charge in [0, 0.05) is 0 Å². The molecule has 3 aromatic rings. The second kappa shape index (κ2) is 6.45. The van der Waals surface area contributed by atoms with Gasteiger partial charge in [-0.3, -0.25) is 19.8 Å². The second-order valence-electron chi connectivity index (χ2n) is 5.83. The molecule has 1 fully saturated rings. The molecule has 1 N–H and O–H groups in total. The molecular weight excluding hydrogens is 348 g/mol. The Bertz CT molecular complexity index is 1150. The maximum Gasteiger partial charge on any atom is 0.282 e. The minimum absolute atomic E-state index is 0.101. The summed E-state index contributed by atoms with van der Waals surface area (Å²) in [5.74, 6) is -0.709. The summed E-state index contributed by atoms with van der Waals surface area (Å²) in [5.41, 5.74) is 2.91. The lowest BCUT2D eigenvalue weighted by molar-refractivity contribution is -0.117. The molecule has 1 saturated heterocycles. The number of rotatable bonds is 3. The molecule has 7 nitrogen and oxygen atoms in total. The number of amides is 2. The number of fused-ring (bicyclic) bond motifs is 1. The first-order chi connectivity index (χ1) is 13.1. The van der Waals surface area contributed by atoms with Crippen molar-refractivity contribution >= 4 is 34.5 Å². The first-order valence-electron chi connectivity index (χ1n) is 8.11. The van der Waals surface area contributed by atoms with E-state index in [9.17, 15) is 14.4 Å². The van der Waals surface area contributed by atoms with Crippen LogP contribution in [0.25, 0.3) is 17.0 Å². The number of para-hydroxylation sites is 2. The van der Waals surface area contributed by atoms with Gasteiger partial charge in [0.2, 0.25) is 0 Å². The lowest BCUT2D eigenvalue weighted by Gasteiger charge is -2.13. The molecule has 0 radical (unpaired) electrons. The molecule has 1 aliphatic rings. The third-order valence-electron chi connectivity index (χ3n) is 4.22. The number of hydrazine groups is 1. The average molecular weight is 362 g/mol. The molecular formula is C20H14N2O5. The van der Waals surface area contributed by atoms with Gasteiger partial charge in [-0.2, -0.15) is 0 Å². The Morgan fingerprint density at radius 1 is 1.04 bits per heavy atom. The Morgan fingerprint density at radius 3 is 2.56 bits per heavy atom. The van der Waals surface area contributed by atoms with Crippen LogP contribution in [-0.2, 0) is 9.59 Å². The summed E-state index contributed by atoms with van der Waals surface area (Å²) in [6.45, 7) is 0. The molecule has 1 aliphatic heterocycles. The van der Waals surface area contributed by atoms with Gasteiger partial charge in [-0.05, 0) is 30.3 Å². The highest BCUT2D eigenvalue weighted by molar-refractivity contribution is 6.31. The molecule has 0 saturated carbocycles. The van der Waals surface area contributed by atoms with E-state index in [4.69, 9.17) is 9.15 Å².